The second-order valence-electron chi connectivity index (χ2n) is 6.26. The lowest BCUT2D eigenvalue weighted by molar-refractivity contribution is -0.0944. The van der Waals surface area contributed by atoms with Crippen LogP contribution < -0.4 is 4.72 Å². The van der Waals surface area contributed by atoms with Gasteiger partial charge in [0, 0.05) is 40.5 Å². The number of benzene rings is 1. The summed E-state index contributed by atoms with van der Waals surface area (Å²) in [4.78, 5) is 16.1. The molecule has 0 aliphatic heterocycles. The molecule has 0 saturated heterocycles. The maximum atomic E-state index is 15.6. The normalized spacial score (nSPS) is 14.1. The topological polar surface area (TPSA) is 96.7 Å². The molecule has 1 N–H and O–H groups in total. The summed E-state index contributed by atoms with van der Waals surface area (Å²) < 4.78 is 56.9. The highest BCUT2D eigenvalue weighted by molar-refractivity contribution is 7.87. The Hall–Kier alpha value is -2.92. The van der Waals surface area contributed by atoms with Crippen molar-refractivity contribution in [3.8, 4) is 0 Å². The van der Waals surface area contributed by atoms with Gasteiger partial charge in [0.25, 0.3) is 5.91 Å². The van der Waals surface area contributed by atoms with Crippen molar-refractivity contribution in [2.75, 3.05) is 0 Å². The monoisotopic (exact) mass is 423 g/mol. The number of rotatable bonds is 7. The lowest BCUT2D eigenvalue weighted by Gasteiger charge is -2.28. The zero-order valence-electron chi connectivity index (χ0n) is 15.7. The Balaban J connectivity index is 1.93. The molecule has 1 atom stereocenters. The van der Waals surface area contributed by atoms with Gasteiger partial charge in [-0.05, 0) is 18.6 Å². The van der Waals surface area contributed by atoms with Crippen LogP contribution in [-0.2, 0) is 22.4 Å². The fourth-order valence-corrected chi connectivity index (χ4v) is 3.77. The number of hydrogen-bond donors (Lipinski definition) is 1. The molecule has 1 amide bonds. The van der Waals surface area contributed by atoms with Crippen molar-refractivity contribution >= 4 is 21.8 Å². The van der Waals surface area contributed by atoms with Gasteiger partial charge in [0.2, 0.25) is 5.79 Å². The highest BCUT2D eigenvalue weighted by Gasteiger charge is 2.47. The van der Waals surface area contributed by atoms with Gasteiger partial charge >= 0.3 is 10.2 Å². The number of halogens is 2. The number of aromatic nitrogens is 3. The summed E-state index contributed by atoms with van der Waals surface area (Å²) in [6.45, 7) is 3.14. The fourth-order valence-electron chi connectivity index (χ4n) is 2.72. The Bertz CT molecular complexity index is 1140. The van der Waals surface area contributed by atoms with E-state index in [1.54, 1.807) is 12.1 Å². The summed E-state index contributed by atoms with van der Waals surface area (Å²) in [7, 11) is -5.14. The van der Waals surface area contributed by atoms with Gasteiger partial charge in [0.1, 0.15) is 0 Å². The quantitative estimate of drug-likeness (QED) is 0.466. The van der Waals surface area contributed by atoms with Crippen LogP contribution in [0.2, 0.25) is 0 Å². The zero-order chi connectivity index (χ0) is 21.2. The molecular weight excluding hydrogens is 404 g/mol. The van der Waals surface area contributed by atoms with Crippen LogP contribution in [0.4, 0.5) is 8.87 Å². The van der Waals surface area contributed by atoms with E-state index < -0.39 is 32.9 Å². The number of hydrogen-bond acceptors (Lipinski definition) is 5. The SMILES string of the molecule is CCc1cc2ncc(C(F)(CC)N(F)S(=O)(=O)NC(=O)c3ccccc3)cn2n1. The zero-order valence-corrected chi connectivity index (χ0v) is 16.5. The lowest BCUT2D eigenvalue weighted by atomic mass is 10.1. The molecule has 0 radical (unpaired) electrons. The molecule has 2 aromatic heterocycles. The van der Waals surface area contributed by atoms with Crippen molar-refractivity contribution in [3.63, 3.8) is 0 Å². The van der Waals surface area contributed by atoms with E-state index in [4.69, 9.17) is 0 Å². The van der Waals surface area contributed by atoms with Crippen LogP contribution in [0.5, 0.6) is 0 Å². The number of nitrogens with one attached hydrogen (secondary N) is 1. The van der Waals surface area contributed by atoms with E-state index in [1.807, 2.05) is 6.92 Å². The van der Waals surface area contributed by atoms with E-state index in [0.717, 1.165) is 6.20 Å². The van der Waals surface area contributed by atoms with Crippen molar-refractivity contribution in [2.24, 2.45) is 0 Å². The first-order valence-corrected chi connectivity index (χ1v) is 10.3. The Morgan fingerprint density at radius 3 is 2.59 bits per heavy atom. The lowest BCUT2D eigenvalue weighted by Crippen LogP contribution is -2.48. The molecule has 0 aliphatic carbocycles. The summed E-state index contributed by atoms with van der Waals surface area (Å²) in [5.41, 5.74) is 0.723. The van der Waals surface area contributed by atoms with Crippen LogP contribution in [0.3, 0.4) is 0 Å². The molecule has 1 aromatic carbocycles. The highest BCUT2D eigenvalue weighted by Crippen LogP contribution is 2.36. The van der Waals surface area contributed by atoms with Gasteiger partial charge in [0.05, 0.1) is 5.69 Å². The molecular formula is C18H19F2N5O3S. The number of aryl methyl sites for hydroxylation is 1. The number of carbonyl (C=O) groups is 1. The summed E-state index contributed by atoms with van der Waals surface area (Å²) >= 11 is 0. The predicted octanol–water partition coefficient (Wildman–Crippen LogP) is 2.69. The van der Waals surface area contributed by atoms with Crippen molar-refractivity contribution in [1.82, 2.24) is 23.8 Å². The molecule has 0 aliphatic rings. The van der Waals surface area contributed by atoms with Gasteiger partial charge in [-0.25, -0.2) is 18.6 Å². The molecule has 0 spiro atoms. The van der Waals surface area contributed by atoms with E-state index in [9.17, 15) is 17.7 Å². The second-order valence-corrected chi connectivity index (χ2v) is 7.74. The van der Waals surface area contributed by atoms with Gasteiger partial charge < -0.3 is 0 Å². The third kappa shape index (κ3) is 3.96. The van der Waals surface area contributed by atoms with Gasteiger partial charge in [-0.15, -0.1) is 4.48 Å². The Morgan fingerprint density at radius 1 is 1.28 bits per heavy atom. The van der Waals surface area contributed by atoms with Gasteiger partial charge in [0.15, 0.2) is 5.65 Å². The minimum atomic E-state index is -5.14. The van der Waals surface area contributed by atoms with Gasteiger partial charge in [-0.1, -0.05) is 32.0 Å². The number of nitrogens with zero attached hydrogens (tertiary/aromatic N) is 4. The molecule has 29 heavy (non-hydrogen) atoms. The van der Waals surface area contributed by atoms with E-state index in [-0.39, 0.29) is 11.1 Å². The van der Waals surface area contributed by atoms with E-state index >= 15 is 4.39 Å². The Kier molecular flexibility index (Phi) is 5.62. The summed E-state index contributed by atoms with van der Waals surface area (Å²) in [5.74, 6) is -4.18. The standard InChI is InChI=1S/C18H19F2N5O3S/c1-3-15-10-16-21-11-14(12-24(16)22-15)18(19,4-2)25(20)29(27,28)23-17(26)13-8-6-5-7-9-13/h5-12H,3-4H2,1-2H3,(H,23,26). The molecule has 0 saturated carbocycles. The summed E-state index contributed by atoms with van der Waals surface area (Å²) in [6, 6.07) is 9.01. The van der Waals surface area contributed by atoms with Crippen LogP contribution in [0.1, 0.15) is 41.9 Å². The van der Waals surface area contributed by atoms with Crippen LogP contribution in [0.25, 0.3) is 5.65 Å². The van der Waals surface area contributed by atoms with Gasteiger partial charge in [-0.2, -0.15) is 13.5 Å². The molecule has 2 heterocycles. The largest absolute Gasteiger partial charge is 0.333 e. The number of alkyl halides is 1. The predicted molar refractivity (Wildman–Crippen MR) is 101 cm³/mol. The van der Waals surface area contributed by atoms with Crippen molar-refractivity contribution in [2.45, 2.75) is 32.5 Å². The van der Waals surface area contributed by atoms with Crippen LogP contribution in [-0.4, -0.2) is 33.5 Å². The summed E-state index contributed by atoms with van der Waals surface area (Å²) in [5, 5.41) is 4.18. The highest BCUT2D eigenvalue weighted by atomic mass is 32.2. The molecule has 0 bridgehead atoms. The van der Waals surface area contributed by atoms with E-state index in [0.29, 0.717) is 17.8 Å². The minimum Gasteiger partial charge on any atom is -0.268 e. The summed E-state index contributed by atoms with van der Waals surface area (Å²) in [6.07, 6.45) is 2.26. The molecule has 1 unspecified atom stereocenters. The number of amides is 1. The van der Waals surface area contributed by atoms with Crippen molar-refractivity contribution < 1.29 is 22.1 Å². The number of fused-ring (bicyclic) bond motifs is 1. The van der Waals surface area contributed by atoms with Crippen molar-refractivity contribution in [1.29, 1.82) is 0 Å². The molecule has 3 rings (SSSR count). The van der Waals surface area contributed by atoms with E-state index in [1.165, 1.54) is 46.6 Å². The first-order valence-electron chi connectivity index (χ1n) is 8.83. The minimum absolute atomic E-state index is 0.0165. The average molecular weight is 423 g/mol. The second kappa shape index (κ2) is 7.84. The Morgan fingerprint density at radius 2 is 1.97 bits per heavy atom. The number of carbonyl (C=O) groups excluding carboxylic acids is 1. The van der Waals surface area contributed by atoms with Gasteiger partial charge in [-0.3, -0.25) is 4.79 Å². The first kappa shape index (κ1) is 20.8. The molecule has 3 aromatic rings. The third-order valence-electron chi connectivity index (χ3n) is 4.38. The van der Waals surface area contributed by atoms with Crippen LogP contribution >= 0.6 is 0 Å². The fraction of sp³-hybridized carbons (Fsp3) is 0.278. The van der Waals surface area contributed by atoms with Crippen LogP contribution in [0.15, 0.2) is 48.8 Å². The maximum Gasteiger partial charge on any atom is 0.333 e. The molecule has 11 heteroatoms. The van der Waals surface area contributed by atoms with Crippen LogP contribution in [0, 0.1) is 0 Å². The maximum absolute atomic E-state index is 15.6. The average Bonchev–Trinajstić information content (AvgIpc) is 3.15. The van der Waals surface area contributed by atoms with Crippen molar-refractivity contribution in [3.05, 3.63) is 65.6 Å². The Labute approximate surface area is 166 Å². The first-order chi connectivity index (χ1) is 13.7. The molecule has 154 valence electrons. The van der Waals surface area contributed by atoms with E-state index in [2.05, 4.69) is 10.1 Å². The third-order valence-corrected chi connectivity index (χ3v) is 5.54. The molecule has 8 nitrogen and oxygen atoms in total. The molecule has 0 fully saturated rings. The smallest absolute Gasteiger partial charge is 0.268 e.